The SMILES string of the molecule is O=C(O)/C=C1\CCOc2cc(C(F)(F)F)ccc21. The minimum atomic E-state index is -4.44. The molecule has 3 nitrogen and oxygen atoms in total. The van der Waals surface area contributed by atoms with Crippen molar-refractivity contribution < 1.29 is 27.8 Å². The Morgan fingerprint density at radius 3 is 2.72 bits per heavy atom. The zero-order valence-electron chi connectivity index (χ0n) is 9.12. The molecule has 96 valence electrons. The van der Waals surface area contributed by atoms with Crippen LogP contribution in [0.5, 0.6) is 5.75 Å². The van der Waals surface area contributed by atoms with Crippen LogP contribution in [0.15, 0.2) is 24.3 Å². The monoisotopic (exact) mass is 258 g/mol. The van der Waals surface area contributed by atoms with Gasteiger partial charge in [0.2, 0.25) is 0 Å². The molecule has 1 aromatic carbocycles. The number of benzene rings is 1. The van der Waals surface area contributed by atoms with Gasteiger partial charge in [-0.05, 0) is 17.7 Å². The van der Waals surface area contributed by atoms with Crippen LogP contribution in [0.25, 0.3) is 5.57 Å². The minimum absolute atomic E-state index is 0.0728. The van der Waals surface area contributed by atoms with Gasteiger partial charge in [-0.1, -0.05) is 6.07 Å². The van der Waals surface area contributed by atoms with Gasteiger partial charge in [0, 0.05) is 18.1 Å². The van der Waals surface area contributed by atoms with Gasteiger partial charge in [-0.2, -0.15) is 13.2 Å². The van der Waals surface area contributed by atoms with E-state index in [1.807, 2.05) is 0 Å². The quantitative estimate of drug-likeness (QED) is 0.788. The van der Waals surface area contributed by atoms with E-state index in [2.05, 4.69) is 0 Å². The second-order valence-electron chi connectivity index (χ2n) is 3.81. The molecule has 2 rings (SSSR count). The van der Waals surface area contributed by atoms with Gasteiger partial charge >= 0.3 is 12.1 Å². The van der Waals surface area contributed by atoms with Crippen molar-refractivity contribution in [2.45, 2.75) is 12.6 Å². The van der Waals surface area contributed by atoms with Crippen molar-refractivity contribution in [2.24, 2.45) is 0 Å². The molecule has 0 bridgehead atoms. The Balaban J connectivity index is 2.46. The Morgan fingerprint density at radius 2 is 2.11 bits per heavy atom. The lowest BCUT2D eigenvalue weighted by Gasteiger charge is -2.21. The number of carbonyl (C=O) groups is 1. The normalized spacial score (nSPS) is 17.2. The third-order valence-electron chi connectivity index (χ3n) is 2.58. The highest BCUT2D eigenvalue weighted by Gasteiger charge is 2.32. The highest BCUT2D eigenvalue weighted by atomic mass is 19.4. The van der Waals surface area contributed by atoms with E-state index in [-0.39, 0.29) is 12.4 Å². The van der Waals surface area contributed by atoms with E-state index in [4.69, 9.17) is 9.84 Å². The first-order chi connectivity index (χ1) is 8.38. The predicted octanol–water partition coefficient (Wildman–Crippen LogP) is 2.96. The van der Waals surface area contributed by atoms with Crippen LogP contribution in [0.3, 0.4) is 0 Å². The van der Waals surface area contributed by atoms with Gasteiger partial charge in [-0.15, -0.1) is 0 Å². The highest BCUT2D eigenvalue weighted by Crippen LogP contribution is 2.38. The number of carboxylic acid groups (broad SMARTS) is 1. The van der Waals surface area contributed by atoms with Crippen molar-refractivity contribution in [3.05, 3.63) is 35.4 Å². The van der Waals surface area contributed by atoms with Crippen LogP contribution in [0.1, 0.15) is 17.5 Å². The molecule has 1 aliphatic heterocycles. The molecular formula is C12H9F3O3. The lowest BCUT2D eigenvalue weighted by atomic mass is 9.97. The van der Waals surface area contributed by atoms with Crippen molar-refractivity contribution in [3.8, 4) is 5.75 Å². The van der Waals surface area contributed by atoms with E-state index in [9.17, 15) is 18.0 Å². The molecule has 0 atom stereocenters. The van der Waals surface area contributed by atoms with Crippen molar-refractivity contribution in [1.82, 2.24) is 0 Å². The Bertz CT molecular complexity index is 518. The molecule has 6 heteroatoms. The molecule has 0 unspecified atom stereocenters. The van der Waals surface area contributed by atoms with E-state index >= 15 is 0 Å². The number of halogens is 3. The van der Waals surface area contributed by atoms with Crippen LogP contribution in [-0.2, 0) is 11.0 Å². The van der Waals surface area contributed by atoms with Gasteiger partial charge < -0.3 is 9.84 Å². The summed E-state index contributed by atoms with van der Waals surface area (Å²) in [5.74, 6) is -1.05. The maximum atomic E-state index is 12.5. The maximum Gasteiger partial charge on any atom is 0.416 e. The first kappa shape index (κ1) is 12.5. The predicted molar refractivity (Wildman–Crippen MR) is 57.2 cm³/mol. The zero-order valence-corrected chi connectivity index (χ0v) is 9.12. The second-order valence-corrected chi connectivity index (χ2v) is 3.81. The van der Waals surface area contributed by atoms with E-state index < -0.39 is 17.7 Å². The lowest BCUT2D eigenvalue weighted by Crippen LogP contribution is -2.11. The number of carboxylic acids is 1. The van der Waals surface area contributed by atoms with Crippen molar-refractivity contribution in [3.63, 3.8) is 0 Å². The number of aliphatic carboxylic acids is 1. The maximum absolute atomic E-state index is 12.5. The number of fused-ring (bicyclic) bond motifs is 1. The summed E-state index contributed by atoms with van der Waals surface area (Å²) in [4.78, 5) is 10.6. The van der Waals surface area contributed by atoms with Gasteiger partial charge in [0.15, 0.2) is 0 Å². The Kier molecular flexibility index (Phi) is 3.02. The van der Waals surface area contributed by atoms with E-state index in [1.165, 1.54) is 6.07 Å². The molecule has 0 spiro atoms. The fraction of sp³-hybridized carbons (Fsp3) is 0.250. The standard InChI is InChI=1S/C12H9F3O3/c13-12(14,15)8-1-2-9-7(5-11(16)17)3-4-18-10(9)6-8/h1-2,5-6H,3-4H2,(H,16,17)/b7-5+. The smallest absolute Gasteiger partial charge is 0.416 e. The Labute approximate surface area is 100 Å². The van der Waals surface area contributed by atoms with Crippen LogP contribution < -0.4 is 4.74 Å². The van der Waals surface area contributed by atoms with Crippen LogP contribution in [-0.4, -0.2) is 17.7 Å². The topological polar surface area (TPSA) is 46.5 Å². The molecule has 0 saturated carbocycles. The van der Waals surface area contributed by atoms with Gasteiger partial charge in [0.25, 0.3) is 0 Å². The average molecular weight is 258 g/mol. The largest absolute Gasteiger partial charge is 0.493 e. The number of alkyl halides is 3. The van der Waals surface area contributed by atoms with Gasteiger partial charge in [-0.3, -0.25) is 0 Å². The minimum Gasteiger partial charge on any atom is -0.493 e. The molecular weight excluding hydrogens is 249 g/mol. The molecule has 1 aromatic rings. The van der Waals surface area contributed by atoms with E-state index in [0.717, 1.165) is 18.2 Å². The van der Waals surface area contributed by atoms with E-state index in [1.54, 1.807) is 0 Å². The number of rotatable bonds is 1. The van der Waals surface area contributed by atoms with Gasteiger partial charge in [-0.25, -0.2) is 4.79 Å². The summed E-state index contributed by atoms with van der Waals surface area (Å²) < 4.78 is 42.6. The molecule has 1 N–H and O–H groups in total. The van der Waals surface area contributed by atoms with Gasteiger partial charge in [0.05, 0.1) is 12.2 Å². The van der Waals surface area contributed by atoms with Crippen LogP contribution in [0.2, 0.25) is 0 Å². The molecule has 0 fully saturated rings. The van der Waals surface area contributed by atoms with Crippen LogP contribution >= 0.6 is 0 Å². The molecule has 0 radical (unpaired) electrons. The molecule has 0 aromatic heterocycles. The number of hydrogen-bond donors (Lipinski definition) is 1. The van der Waals surface area contributed by atoms with E-state index in [0.29, 0.717) is 17.6 Å². The van der Waals surface area contributed by atoms with Crippen molar-refractivity contribution >= 4 is 11.5 Å². The average Bonchev–Trinajstić information content (AvgIpc) is 2.27. The fourth-order valence-electron chi connectivity index (χ4n) is 1.79. The second kappa shape index (κ2) is 4.36. The third kappa shape index (κ3) is 2.47. The van der Waals surface area contributed by atoms with Crippen LogP contribution in [0, 0.1) is 0 Å². The summed E-state index contributed by atoms with van der Waals surface area (Å²) in [6.45, 7) is 0.174. The number of hydrogen-bond acceptors (Lipinski definition) is 2. The molecule has 1 aliphatic rings. The summed E-state index contributed by atoms with van der Waals surface area (Å²) in [5, 5.41) is 8.68. The summed E-state index contributed by atoms with van der Waals surface area (Å²) in [7, 11) is 0. The molecule has 18 heavy (non-hydrogen) atoms. The Hall–Kier alpha value is -1.98. The first-order valence-electron chi connectivity index (χ1n) is 5.16. The fourth-order valence-corrected chi connectivity index (χ4v) is 1.79. The van der Waals surface area contributed by atoms with Crippen LogP contribution in [0.4, 0.5) is 13.2 Å². The Morgan fingerprint density at radius 1 is 1.39 bits per heavy atom. The summed E-state index contributed by atoms with van der Waals surface area (Å²) in [6.07, 6.45) is -3.08. The molecule has 0 amide bonds. The highest BCUT2D eigenvalue weighted by molar-refractivity contribution is 5.91. The van der Waals surface area contributed by atoms with Crippen molar-refractivity contribution in [1.29, 1.82) is 0 Å². The van der Waals surface area contributed by atoms with Crippen molar-refractivity contribution in [2.75, 3.05) is 6.61 Å². The number of ether oxygens (including phenoxy) is 1. The third-order valence-corrected chi connectivity index (χ3v) is 2.58. The first-order valence-corrected chi connectivity index (χ1v) is 5.16. The zero-order chi connectivity index (χ0) is 13.3. The van der Waals surface area contributed by atoms with Gasteiger partial charge in [0.1, 0.15) is 5.75 Å². The molecule has 1 heterocycles. The lowest BCUT2D eigenvalue weighted by molar-refractivity contribution is -0.137. The molecule has 0 aliphatic carbocycles. The summed E-state index contributed by atoms with van der Waals surface area (Å²) in [5.41, 5.74) is 0.0620. The summed E-state index contributed by atoms with van der Waals surface area (Å²) >= 11 is 0. The molecule has 0 saturated heterocycles. The summed E-state index contributed by atoms with van der Waals surface area (Å²) in [6, 6.07) is 3.06.